The van der Waals surface area contributed by atoms with Gasteiger partial charge < -0.3 is 15.3 Å². The number of likely N-dealkylation sites (tertiary alicyclic amines) is 1. The SMILES string of the molecule is CC1CCC(N2CC(C(=O)Nc3cc(C(=O)O)ccc3F)CC2=O)CC1. The summed E-state index contributed by atoms with van der Waals surface area (Å²) >= 11 is 0. The lowest BCUT2D eigenvalue weighted by molar-refractivity contribution is -0.130. The first-order valence-electron chi connectivity index (χ1n) is 8.98. The first kappa shape index (κ1) is 18.4. The number of carboxylic acids is 1. The largest absolute Gasteiger partial charge is 0.478 e. The van der Waals surface area contributed by atoms with Gasteiger partial charge in [0.1, 0.15) is 5.82 Å². The second-order valence-corrected chi connectivity index (χ2v) is 7.35. The molecule has 0 radical (unpaired) electrons. The van der Waals surface area contributed by atoms with Gasteiger partial charge in [0.15, 0.2) is 0 Å². The van der Waals surface area contributed by atoms with Gasteiger partial charge in [-0.2, -0.15) is 0 Å². The number of aromatic carboxylic acids is 1. The highest BCUT2D eigenvalue weighted by Crippen LogP contribution is 2.31. The highest BCUT2D eigenvalue weighted by molar-refractivity contribution is 5.98. The fourth-order valence-corrected chi connectivity index (χ4v) is 3.80. The van der Waals surface area contributed by atoms with Crippen LogP contribution >= 0.6 is 0 Å². The maximum Gasteiger partial charge on any atom is 0.335 e. The number of rotatable bonds is 4. The average molecular weight is 362 g/mol. The summed E-state index contributed by atoms with van der Waals surface area (Å²) in [6.45, 7) is 2.54. The van der Waals surface area contributed by atoms with Gasteiger partial charge in [-0.3, -0.25) is 9.59 Å². The van der Waals surface area contributed by atoms with E-state index in [1.54, 1.807) is 4.90 Å². The average Bonchev–Trinajstić information content (AvgIpc) is 2.99. The number of hydrogen-bond donors (Lipinski definition) is 2. The van der Waals surface area contributed by atoms with Crippen LogP contribution in [0.4, 0.5) is 10.1 Å². The summed E-state index contributed by atoms with van der Waals surface area (Å²) in [5.41, 5.74) is -0.283. The van der Waals surface area contributed by atoms with Crippen molar-refractivity contribution in [2.75, 3.05) is 11.9 Å². The lowest BCUT2D eigenvalue weighted by atomic mass is 9.87. The zero-order valence-corrected chi connectivity index (χ0v) is 14.7. The van der Waals surface area contributed by atoms with Gasteiger partial charge >= 0.3 is 5.97 Å². The Morgan fingerprint density at radius 2 is 1.92 bits per heavy atom. The van der Waals surface area contributed by atoms with E-state index in [0.29, 0.717) is 12.5 Å². The molecule has 1 saturated heterocycles. The van der Waals surface area contributed by atoms with Crippen LogP contribution in [0.5, 0.6) is 0 Å². The quantitative estimate of drug-likeness (QED) is 0.862. The molecule has 1 aliphatic carbocycles. The molecular formula is C19H23FN2O4. The van der Waals surface area contributed by atoms with E-state index in [1.165, 1.54) is 0 Å². The number of carboxylic acid groups (broad SMARTS) is 1. The first-order valence-corrected chi connectivity index (χ1v) is 8.98. The first-order chi connectivity index (χ1) is 12.3. The molecule has 1 unspecified atom stereocenters. The Morgan fingerprint density at radius 3 is 2.58 bits per heavy atom. The number of hydrogen-bond acceptors (Lipinski definition) is 3. The highest BCUT2D eigenvalue weighted by atomic mass is 19.1. The van der Waals surface area contributed by atoms with E-state index >= 15 is 0 Å². The molecule has 0 bridgehead atoms. The van der Waals surface area contributed by atoms with Crippen LogP contribution in [-0.4, -0.2) is 40.4 Å². The normalized spacial score (nSPS) is 26.0. The van der Waals surface area contributed by atoms with Gasteiger partial charge in [-0.15, -0.1) is 0 Å². The maximum absolute atomic E-state index is 13.9. The van der Waals surface area contributed by atoms with Crippen LogP contribution in [0.3, 0.4) is 0 Å². The maximum atomic E-state index is 13.9. The molecule has 7 heteroatoms. The van der Waals surface area contributed by atoms with Crippen LogP contribution in [-0.2, 0) is 9.59 Å². The lowest BCUT2D eigenvalue weighted by Crippen LogP contribution is -2.39. The number of anilines is 1. The molecule has 1 aliphatic heterocycles. The second kappa shape index (κ2) is 7.43. The Kier molecular flexibility index (Phi) is 5.25. The van der Waals surface area contributed by atoms with Crippen molar-refractivity contribution in [2.24, 2.45) is 11.8 Å². The van der Waals surface area contributed by atoms with Gasteiger partial charge in [-0.25, -0.2) is 9.18 Å². The molecule has 26 heavy (non-hydrogen) atoms. The Bertz CT molecular complexity index is 728. The summed E-state index contributed by atoms with van der Waals surface area (Å²) in [6, 6.07) is 3.42. The number of carbonyl (C=O) groups excluding carboxylic acids is 2. The standard InChI is InChI=1S/C19H23FN2O4/c1-11-2-5-14(6-3-11)22-10-13(9-17(22)23)18(24)21-16-8-12(19(25)26)4-7-15(16)20/h4,7-8,11,13-14H,2-3,5-6,9-10H2,1H3,(H,21,24)(H,25,26). The summed E-state index contributed by atoms with van der Waals surface area (Å²) in [7, 11) is 0. The van der Waals surface area contributed by atoms with Gasteiger partial charge in [0.2, 0.25) is 11.8 Å². The molecule has 2 amide bonds. The highest BCUT2D eigenvalue weighted by Gasteiger charge is 2.38. The Hall–Kier alpha value is -2.44. The van der Waals surface area contributed by atoms with E-state index in [9.17, 15) is 18.8 Å². The number of amides is 2. The predicted molar refractivity (Wildman–Crippen MR) is 93.2 cm³/mol. The number of benzene rings is 1. The van der Waals surface area contributed by atoms with E-state index in [0.717, 1.165) is 43.9 Å². The Morgan fingerprint density at radius 1 is 1.23 bits per heavy atom. The Balaban J connectivity index is 1.65. The van der Waals surface area contributed by atoms with Crippen LogP contribution < -0.4 is 5.32 Å². The summed E-state index contributed by atoms with van der Waals surface area (Å²) < 4.78 is 13.9. The molecule has 1 aromatic rings. The lowest BCUT2D eigenvalue weighted by Gasteiger charge is -2.33. The van der Waals surface area contributed by atoms with Gasteiger partial charge in [0.25, 0.3) is 0 Å². The van der Waals surface area contributed by atoms with Crippen LogP contribution in [0.25, 0.3) is 0 Å². The molecule has 6 nitrogen and oxygen atoms in total. The van der Waals surface area contributed by atoms with E-state index in [1.807, 2.05) is 0 Å². The second-order valence-electron chi connectivity index (χ2n) is 7.35. The van der Waals surface area contributed by atoms with Gasteiger partial charge in [-0.05, 0) is 49.8 Å². The molecule has 1 atom stereocenters. The third-order valence-electron chi connectivity index (χ3n) is 5.43. The molecule has 2 aliphatic rings. The summed E-state index contributed by atoms with van der Waals surface area (Å²) in [5.74, 6) is -2.27. The van der Waals surface area contributed by atoms with Crippen LogP contribution in [0.15, 0.2) is 18.2 Å². The van der Waals surface area contributed by atoms with Gasteiger partial charge in [0, 0.05) is 19.0 Å². The fraction of sp³-hybridized carbons (Fsp3) is 0.526. The van der Waals surface area contributed by atoms with Crippen LogP contribution in [0.2, 0.25) is 0 Å². The van der Waals surface area contributed by atoms with Crippen molar-refractivity contribution in [2.45, 2.75) is 45.1 Å². The minimum atomic E-state index is -1.20. The monoisotopic (exact) mass is 362 g/mol. The smallest absolute Gasteiger partial charge is 0.335 e. The summed E-state index contributed by atoms with van der Waals surface area (Å²) in [5, 5.41) is 11.4. The third-order valence-corrected chi connectivity index (χ3v) is 5.43. The van der Waals surface area contributed by atoms with Crippen molar-refractivity contribution in [3.63, 3.8) is 0 Å². The van der Waals surface area contributed by atoms with Crippen LogP contribution in [0, 0.1) is 17.7 Å². The van der Waals surface area contributed by atoms with Crippen molar-refractivity contribution in [3.05, 3.63) is 29.6 Å². The number of nitrogens with zero attached hydrogens (tertiary/aromatic N) is 1. The number of nitrogens with one attached hydrogen (secondary N) is 1. The minimum absolute atomic E-state index is 0.0375. The number of carbonyl (C=O) groups is 3. The minimum Gasteiger partial charge on any atom is -0.478 e. The van der Waals surface area contributed by atoms with Crippen molar-refractivity contribution >= 4 is 23.5 Å². The van der Waals surface area contributed by atoms with Crippen molar-refractivity contribution in [1.29, 1.82) is 0 Å². The van der Waals surface area contributed by atoms with E-state index in [-0.39, 0.29) is 29.6 Å². The zero-order valence-electron chi connectivity index (χ0n) is 14.7. The van der Waals surface area contributed by atoms with E-state index in [4.69, 9.17) is 5.11 Å². The molecule has 140 valence electrons. The Labute approximate surface area is 151 Å². The van der Waals surface area contributed by atoms with E-state index < -0.39 is 23.6 Å². The van der Waals surface area contributed by atoms with Gasteiger partial charge in [-0.1, -0.05) is 6.92 Å². The molecular weight excluding hydrogens is 339 g/mol. The molecule has 1 aromatic carbocycles. The molecule has 3 rings (SSSR count). The molecule has 1 saturated carbocycles. The molecule has 1 heterocycles. The third kappa shape index (κ3) is 3.86. The summed E-state index contributed by atoms with van der Waals surface area (Å²) in [6.07, 6.45) is 4.18. The molecule has 2 fully saturated rings. The van der Waals surface area contributed by atoms with Crippen LogP contribution in [0.1, 0.15) is 49.4 Å². The number of halogens is 1. The van der Waals surface area contributed by atoms with Gasteiger partial charge in [0.05, 0.1) is 17.2 Å². The molecule has 0 spiro atoms. The molecule has 2 N–H and O–H groups in total. The fourth-order valence-electron chi connectivity index (χ4n) is 3.80. The van der Waals surface area contributed by atoms with Crippen molar-refractivity contribution in [3.8, 4) is 0 Å². The zero-order chi connectivity index (χ0) is 18.8. The van der Waals surface area contributed by atoms with Crippen molar-refractivity contribution < 1.29 is 23.9 Å². The van der Waals surface area contributed by atoms with Crippen molar-refractivity contribution in [1.82, 2.24) is 4.90 Å². The van der Waals surface area contributed by atoms with E-state index in [2.05, 4.69) is 12.2 Å². The molecule has 0 aromatic heterocycles. The topological polar surface area (TPSA) is 86.7 Å². The summed E-state index contributed by atoms with van der Waals surface area (Å²) in [4.78, 5) is 37.6. The predicted octanol–water partition coefficient (Wildman–Crippen LogP) is 2.89.